The molecule has 0 aromatic rings. The van der Waals surface area contributed by atoms with Gasteiger partial charge in [-0.2, -0.15) is 0 Å². The van der Waals surface area contributed by atoms with E-state index in [-0.39, 0.29) is 0 Å². The van der Waals surface area contributed by atoms with Gasteiger partial charge in [-0.05, 0) is 40.5 Å². The van der Waals surface area contributed by atoms with Gasteiger partial charge in [0.25, 0.3) is 0 Å². The molecule has 0 fully saturated rings. The average Bonchev–Trinajstić information content (AvgIpc) is 2.25. The summed E-state index contributed by atoms with van der Waals surface area (Å²) in [6, 6.07) is 0. The van der Waals surface area contributed by atoms with Gasteiger partial charge < -0.3 is 5.32 Å². The van der Waals surface area contributed by atoms with Gasteiger partial charge in [0.05, 0.1) is 5.25 Å². The number of carbonyl (C=O) groups excluding carboxylic acids is 1. The topological polar surface area (TPSA) is 63.2 Å². The second kappa shape index (κ2) is 7.27. The molecule has 1 N–H and O–H groups in total. The maximum absolute atomic E-state index is 12.5. The third-order valence-electron chi connectivity index (χ3n) is 3.05. The molecule has 0 aliphatic rings. The summed E-state index contributed by atoms with van der Waals surface area (Å²) in [7, 11) is -3.41. The molecule has 0 heterocycles. The number of carbonyl (C=O) groups is 1. The highest BCUT2D eigenvalue weighted by molar-refractivity contribution is 7.93. The average molecular weight is 291 g/mol. The van der Waals surface area contributed by atoms with Crippen LogP contribution in [0.25, 0.3) is 0 Å². The number of rotatable bonds is 7. The van der Waals surface area contributed by atoms with Crippen LogP contribution in [0.3, 0.4) is 0 Å². The molecule has 0 saturated carbocycles. The maximum Gasteiger partial charge on any atom is 0.238 e. The van der Waals surface area contributed by atoms with Crippen LogP contribution < -0.4 is 5.32 Å². The van der Waals surface area contributed by atoms with Gasteiger partial charge in [-0.25, -0.2) is 8.42 Å². The van der Waals surface area contributed by atoms with E-state index in [0.29, 0.717) is 12.8 Å². The normalized spacial score (nSPS) is 14.5. The Balaban J connectivity index is 5.01. The van der Waals surface area contributed by atoms with Gasteiger partial charge in [0.2, 0.25) is 5.91 Å². The zero-order valence-corrected chi connectivity index (χ0v) is 13.9. The number of nitrogens with one attached hydrogen (secondary N) is 1. The van der Waals surface area contributed by atoms with Crippen molar-refractivity contribution in [1.82, 2.24) is 5.32 Å². The first-order valence-corrected chi connectivity index (χ1v) is 8.72. The van der Waals surface area contributed by atoms with Crippen molar-refractivity contribution in [2.75, 3.05) is 0 Å². The summed E-state index contributed by atoms with van der Waals surface area (Å²) in [6.07, 6.45) is 2.89. The summed E-state index contributed by atoms with van der Waals surface area (Å²) in [5, 5.41) is 1.37. The Kier molecular flexibility index (Phi) is 7.05. The van der Waals surface area contributed by atoms with Gasteiger partial charge in [0.1, 0.15) is 5.25 Å². The van der Waals surface area contributed by atoms with E-state index >= 15 is 0 Å². The smallest absolute Gasteiger partial charge is 0.238 e. The van der Waals surface area contributed by atoms with Gasteiger partial charge in [0.15, 0.2) is 9.84 Å². The highest BCUT2D eigenvalue weighted by Gasteiger charge is 2.35. The van der Waals surface area contributed by atoms with Crippen LogP contribution in [-0.2, 0) is 14.6 Å². The van der Waals surface area contributed by atoms with E-state index in [0.717, 1.165) is 12.8 Å². The van der Waals surface area contributed by atoms with Crippen molar-refractivity contribution in [3.05, 3.63) is 0 Å². The van der Waals surface area contributed by atoms with E-state index in [4.69, 9.17) is 0 Å². The molecule has 0 radical (unpaired) electrons. The highest BCUT2D eigenvalue weighted by atomic mass is 32.2. The molecule has 0 aliphatic carbocycles. The molecule has 0 bridgehead atoms. The van der Waals surface area contributed by atoms with Crippen molar-refractivity contribution in [2.24, 2.45) is 0 Å². The largest absolute Gasteiger partial charge is 0.350 e. The zero-order valence-electron chi connectivity index (χ0n) is 13.1. The van der Waals surface area contributed by atoms with Crippen molar-refractivity contribution in [1.29, 1.82) is 0 Å². The minimum absolute atomic E-state index is 0.398. The molecule has 0 aromatic heterocycles. The molecule has 114 valence electrons. The fourth-order valence-corrected chi connectivity index (χ4v) is 4.09. The number of hydrogen-bond acceptors (Lipinski definition) is 3. The minimum atomic E-state index is -3.41. The fraction of sp³-hybridized carbons (Fsp3) is 0.929. The Labute approximate surface area is 118 Å². The van der Waals surface area contributed by atoms with Gasteiger partial charge in [0, 0.05) is 5.54 Å². The van der Waals surface area contributed by atoms with Crippen molar-refractivity contribution < 1.29 is 13.2 Å². The number of sulfone groups is 1. The fourth-order valence-electron chi connectivity index (χ4n) is 2.03. The standard InChI is InChI=1S/C14H29NO3S/c1-7-9-12(10-8-2)19(17,18)11(3)13(16)15-14(4,5)6/h11-12H,7-10H2,1-6H3,(H,15,16). The van der Waals surface area contributed by atoms with Crippen LogP contribution in [0.1, 0.15) is 67.2 Å². The summed E-state index contributed by atoms with van der Waals surface area (Å²) in [6.45, 7) is 11.0. The summed E-state index contributed by atoms with van der Waals surface area (Å²) in [5.41, 5.74) is -0.411. The molecule has 0 spiro atoms. The molecule has 1 amide bonds. The van der Waals surface area contributed by atoms with Gasteiger partial charge in [-0.3, -0.25) is 4.79 Å². The summed E-state index contributed by atoms with van der Waals surface area (Å²) >= 11 is 0. The molecule has 0 aliphatic heterocycles. The zero-order chi connectivity index (χ0) is 15.3. The van der Waals surface area contributed by atoms with Crippen LogP contribution in [0.4, 0.5) is 0 Å². The minimum Gasteiger partial charge on any atom is -0.350 e. The van der Waals surface area contributed by atoms with Crippen LogP contribution in [0.5, 0.6) is 0 Å². The third-order valence-corrected chi connectivity index (χ3v) is 5.65. The summed E-state index contributed by atoms with van der Waals surface area (Å²) in [5.74, 6) is -0.398. The lowest BCUT2D eigenvalue weighted by Crippen LogP contribution is -2.49. The maximum atomic E-state index is 12.5. The second-order valence-corrected chi connectivity index (χ2v) is 8.72. The van der Waals surface area contributed by atoms with Crippen LogP contribution >= 0.6 is 0 Å². The number of hydrogen-bond donors (Lipinski definition) is 1. The van der Waals surface area contributed by atoms with E-state index in [2.05, 4.69) is 5.32 Å². The van der Waals surface area contributed by atoms with E-state index in [1.165, 1.54) is 6.92 Å². The van der Waals surface area contributed by atoms with Crippen molar-refractivity contribution in [2.45, 2.75) is 83.3 Å². The monoisotopic (exact) mass is 291 g/mol. The first kappa shape index (κ1) is 18.4. The molecule has 19 heavy (non-hydrogen) atoms. The van der Waals surface area contributed by atoms with Crippen molar-refractivity contribution in [3.8, 4) is 0 Å². The molecule has 5 heteroatoms. The van der Waals surface area contributed by atoms with Crippen LogP contribution in [0.15, 0.2) is 0 Å². The van der Waals surface area contributed by atoms with Crippen molar-refractivity contribution >= 4 is 15.7 Å². The quantitative estimate of drug-likeness (QED) is 0.784. The second-order valence-electron chi connectivity index (χ2n) is 6.17. The first-order valence-electron chi connectivity index (χ1n) is 7.11. The molecule has 0 rings (SSSR count). The first-order chi connectivity index (χ1) is 8.56. The predicted molar refractivity (Wildman–Crippen MR) is 79.9 cm³/mol. The van der Waals surface area contributed by atoms with Gasteiger partial charge in [-0.15, -0.1) is 0 Å². The molecular weight excluding hydrogens is 262 g/mol. The van der Waals surface area contributed by atoms with Crippen LogP contribution in [-0.4, -0.2) is 30.4 Å². The van der Waals surface area contributed by atoms with Gasteiger partial charge in [-0.1, -0.05) is 26.7 Å². The highest BCUT2D eigenvalue weighted by Crippen LogP contribution is 2.20. The lowest BCUT2D eigenvalue weighted by atomic mass is 10.1. The third kappa shape index (κ3) is 5.93. The molecule has 0 saturated heterocycles. The number of amides is 1. The van der Waals surface area contributed by atoms with E-state index in [9.17, 15) is 13.2 Å². The summed E-state index contributed by atoms with van der Waals surface area (Å²) < 4.78 is 25.0. The molecular formula is C14H29NO3S. The Morgan fingerprint density at radius 1 is 1.11 bits per heavy atom. The van der Waals surface area contributed by atoms with Crippen molar-refractivity contribution in [3.63, 3.8) is 0 Å². The van der Waals surface area contributed by atoms with E-state index in [1.54, 1.807) is 0 Å². The Bertz CT molecular complexity index is 376. The lowest BCUT2D eigenvalue weighted by Gasteiger charge is -2.25. The summed E-state index contributed by atoms with van der Waals surface area (Å²) in [4.78, 5) is 12.0. The van der Waals surface area contributed by atoms with Gasteiger partial charge >= 0.3 is 0 Å². The Morgan fingerprint density at radius 3 is 1.84 bits per heavy atom. The van der Waals surface area contributed by atoms with Crippen LogP contribution in [0.2, 0.25) is 0 Å². The van der Waals surface area contributed by atoms with E-state index in [1.807, 2.05) is 34.6 Å². The Hall–Kier alpha value is -0.580. The molecule has 1 atom stereocenters. The molecule has 1 unspecified atom stereocenters. The predicted octanol–water partition coefficient (Wildman–Crippen LogP) is 2.67. The Morgan fingerprint density at radius 2 is 1.53 bits per heavy atom. The van der Waals surface area contributed by atoms with E-state index < -0.39 is 31.8 Å². The van der Waals surface area contributed by atoms with Crippen LogP contribution in [0, 0.1) is 0 Å². The SMILES string of the molecule is CCCC(CCC)S(=O)(=O)C(C)C(=O)NC(C)(C)C. The molecule has 0 aromatic carbocycles. The lowest BCUT2D eigenvalue weighted by molar-refractivity contribution is -0.121. The molecule has 4 nitrogen and oxygen atoms in total.